The molecule has 9 rings (SSSR count). The molecule has 50 heteroatoms. The molecule has 0 aromatic heterocycles. The standard InChI is InChI=1S/C62H104N4O46/c1-14(74)63-27-39(86)48(23(10-72)98-54(27)95)107-57-30(66-17(4)77)40(87)49(24(11-73)104-57)108-61-47(94)52(111-62-53(43(90)35(82)22(9-71)103-62)112-56-29(65-16(3)76)38(85)32(79)19(6-68)100-56)50(109-55-28(64-15(2)75)37(84)31(78)18(5-67)99-55)26(106-61)13-97-59-46(93)51(110-60-45(92)42(89)34(81)21(8-70)102-60)36(83)25(105-59)12-96-58-44(91)41(88)33(80)20(7-69)101-58/h18-62,67-73,78-95H,5-13H2,1-4H3,(H,63,74)(H,64,75)(H,65,76)(H,66,77). The highest BCUT2D eigenvalue weighted by Crippen LogP contribution is 2.40. The van der Waals surface area contributed by atoms with Gasteiger partial charge in [-0.15, -0.1) is 0 Å². The van der Waals surface area contributed by atoms with Crippen molar-refractivity contribution in [2.24, 2.45) is 0 Å². The van der Waals surface area contributed by atoms with Crippen molar-refractivity contribution in [2.45, 2.75) is 304 Å². The van der Waals surface area contributed by atoms with Crippen molar-refractivity contribution in [3.63, 3.8) is 0 Å². The van der Waals surface area contributed by atoms with Gasteiger partial charge in [-0.3, -0.25) is 19.2 Å². The zero-order chi connectivity index (χ0) is 82.5. The summed E-state index contributed by atoms with van der Waals surface area (Å²) in [6, 6.07) is -7.51. The van der Waals surface area contributed by atoms with E-state index < -0.39 is 359 Å². The second-order valence-electron chi connectivity index (χ2n) is 28.2. The van der Waals surface area contributed by atoms with Gasteiger partial charge in [0, 0.05) is 27.7 Å². The SMILES string of the molecule is CC(=O)NC1C(O)OC(CO)C(OC2OC(CO)C(OC3OC(COC4OC(COC5OC(CO)C(O)C(O)C5O)C(O)C(OC5OC(CO)C(O)C(O)C5O)C4O)C(OC4OC(CO)C(O)C(O)C4NC(C)=O)C(OC4OC(CO)C(O)C(O)C4OC4OC(CO)C(O)C(O)C4NC(C)=O)C3O)C(O)C2NC(C)=O)C1O. The van der Waals surface area contributed by atoms with E-state index in [-0.39, 0.29) is 0 Å². The predicted molar refractivity (Wildman–Crippen MR) is 343 cm³/mol. The van der Waals surface area contributed by atoms with Crippen LogP contribution in [0.15, 0.2) is 0 Å². The van der Waals surface area contributed by atoms with E-state index in [9.17, 15) is 147 Å². The van der Waals surface area contributed by atoms with Crippen molar-refractivity contribution >= 4 is 23.6 Å². The number of amides is 4. The van der Waals surface area contributed by atoms with Gasteiger partial charge in [0.05, 0.1) is 59.5 Å². The molecule has 9 heterocycles. The number of hydrogen-bond acceptors (Lipinski definition) is 46. The van der Waals surface area contributed by atoms with Gasteiger partial charge in [0.1, 0.15) is 219 Å². The Labute approximate surface area is 634 Å². The first-order valence-electron chi connectivity index (χ1n) is 35.6. The van der Waals surface area contributed by atoms with Crippen LogP contribution >= 0.6 is 0 Å². The van der Waals surface area contributed by atoms with E-state index >= 15 is 0 Å². The molecule has 4 amide bonds. The van der Waals surface area contributed by atoms with Gasteiger partial charge in [-0.25, -0.2) is 0 Å². The van der Waals surface area contributed by atoms with Crippen molar-refractivity contribution in [1.82, 2.24) is 21.3 Å². The maximum Gasteiger partial charge on any atom is 0.217 e. The molecule has 45 unspecified atom stereocenters. The molecular formula is C62H104N4O46. The molecule has 9 saturated heterocycles. The molecule has 50 nitrogen and oxygen atoms in total. The first-order valence-corrected chi connectivity index (χ1v) is 35.6. The monoisotopic (exact) mass is 1640 g/mol. The van der Waals surface area contributed by atoms with Gasteiger partial charge in [0.2, 0.25) is 23.6 Å². The van der Waals surface area contributed by atoms with E-state index in [0.717, 1.165) is 27.7 Å². The predicted octanol–water partition coefficient (Wildman–Crippen LogP) is -20.1. The van der Waals surface area contributed by atoms with Crippen LogP contribution in [0.1, 0.15) is 27.7 Å². The molecular weight excluding hydrogens is 1540 g/mol. The van der Waals surface area contributed by atoms with E-state index in [4.69, 9.17) is 80.5 Å². The van der Waals surface area contributed by atoms with E-state index in [2.05, 4.69) is 21.3 Å². The Morgan fingerprint density at radius 3 is 0.982 bits per heavy atom. The molecule has 9 aliphatic rings. The van der Waals surface area contributed by atoms with Crippen LogP contribution in [0.25, 0.3) is 0 Å². The minimum absolute atomic E-state index is 0.805. The van der Waals surface area contributed by atoms with Gasteiger partial charge in [0.15, 0.2) is 56.6 Å². The Hall–Kier alpha value is -3.80. The van der Waals surface area contributed by atoms with E-state index in [1.165, 1.54) is 0 Å². The number of carbonyl (C=O) groups excluding carboxylic acids is 4. The summed E-state index contributed by atoms with van der Waals surface area (Å²) in [6.45, 7) is -6.30. The summed E-state index contributed by atoms with van der Waals surface area (Å²) in [6.07, 6.45) is -88.1. The van der Waals surface area contributed by atoms with Gasteiger partial charge in [-0.05, 0) is 0 Å². The van der Waals surface area contributed by atoms with Gasteiger partial charge < -0.3 is 229 Å². The first kappa shape index (κ1) is 92.1. The van der Waals surface area contributed by atoms with Crippen LogP contribution in [0, 0.1) is 0 Å². The van der Waals surface area contributed by atoms with Crippen molar-refractivity contribution in [2.75, 3.05) is 59.5 Å². The molecule has 0 aromatic carbocycles. The van der Waals surface area contributed by atoms with Gasteiger partial charge in [-0.2, -0.15) is 0 Å². The summed E-state index contributed by atoms with van der Waals surface area (Å²) < 4.78 is 102. The largest absolute Gasteiger partial charge is 0.394 e. The number of ether oxygens (including phenoxy) is 17. The fourth-order valence-corrected chi connectivity index (χ4v) is 14.4. The van der Waals surface area contributed by atoms with Gasteiger partial charge >= 0.3 is 0 Å². The van der Waals surface area contributed by atoms with E-state index in [0.29, 0.717) is 0 Å². The second kappa shape index (κ2) is 40.3. The molecule has 0 spiro atoms. The average Bonchev–Trinajstić information content (AvgIpc) is 0.763. The molecule has 9 aliphatic heterocycles. The zero-order valence-electron chi connectivity index (χ0n) is 60.1. The second-order valence-corrected chi connectivity index (χ2v) is 28.2. The number of aliphatic hydroxyl groups is 25. The summed E-state index contributed by atoms with van der Waals surface area (Å²) >= 11 is 0. The summed E-state index contributed by atoms with van der Waals surface area (Å²) in [4.78, 5) is 51.0. The third-order valence-corrected chi connectivity index (χ3v) is 20.3. The lowest BCUT2D eigenvalue weighted by molar-refractivity contribution is -0.407. The van der Waals surface area contributed by atoms with Crippen LogP contribution in [-0.2, 0) is 99.7 Å². The average molecular weight is 1640 g/mol. The third kappa shape index (κ3) is 20.4. The number of rotatable bonds is 29. The van der Waals surface area contributed by atoms with Crippen molar-refractivity contribution in [3.05, 3.63) is 0 Å². The van der Waals surface area contributed by atoms with Crippen LogP contribution in [0.2, 0.25) is 0 Å². The van der Waals surface area contributed by atoms with Crippen molar-refractivity contribution in [3.8, 4) is 0 Å². The van der Waals surface area contributed by atoms with Crippen molar-refractivity contribution in [1.29, 1.82) is 0 Å². The zero-order valence-corrected chi connectivity index (χ0v) is 60.1. The minimum Gasteiger partial charge on any atom is -0.394 e. The van der Waals surface area contributed by atoms with Crippen LogP contribution in [0.3, 0.4) is 0 Å². The molecule has 0 saturated carbocycles. The Morgan fingerprint density at radius 2 is 0.518 bits per heavy atom. The molecule has 45 atom stereocenters. The fraction of sp³-hybridized carbons (Fsp3) is 0.935. The number of aliphatic hydroxyl groups excluding tert-OH is 25. The first-order chi connectivity index (χ1) is 53.0. The van der Waals surface area contributed by atoms with E-state index in [1.54, 1.807) is 0 Å². The van der Waals surface area contributed by atoms with Gasteiger partial charge in [0.25, 0.3) is 0 Å². The number of nitrogens with one attached hydrogen (secondary N) is 4. The smallest absolute Gasteiger partial charge is 0.217 e. The summed E-state index contributed by atoms with van der Waals surface area (Å²) in [7, 11) is 0. The van der Waals surface area contributed by atoms with Crippen molar-refractivity contribution < 1.29 is 227 Å². The molecule has 0 radical (unpaired) electrons. The Morgan fingerprint density at radius 1 is 0.232 bits per heavy atom. The van der Waals surface area contributed by atoms with Crippen LogP contribution in [0.4, 0.5) is 0 Å². The highest BCUT2D eigenvalue weighted by Gasteiger charge is 2.61. The summed E-state index contributed by atoms with van der Waals surface area (Å²) in [5, 5.41) is 288. The summed E-state index contributed by atoms with van der Waals surface area (Å²) in [5.41, 5.74) is 0. The lowest BCUT2D eigenvalue weighted by atomic mass is 9.93. The van der Waals surface area contributed by atoms with Crippen LogP contribution < -0.4 is 21.3 Å². The Bertz CT molecular complexity index is 2970. The highest BCUT2D eigenvalue weighted by atomic mass is 16.8. The number of hydrogen-bond donors (Lipinski definition) is 29. The lowest BCUT2D eigenvalue weighted by Gasteiger charge is -2.52. The third-order valence-electron chi connectivity index (χ3n) is 20.3. The number of carbonyl (C=O) groups is 4. The summed E-state index contributed by atoms with van der Waals surface area (Å²) in [5.74, 6) is -3.67. The normalized spacial score (nSPS) is 48.9. The van der Waals surface area contributed by atoms with Gasteiger partial charge in [-0.1, -0.05) is 0 Å². The molecule has 9 fully saturated rings. The highest BCUT2D eigenvalue weighted by molar-refractivity contribution is 5.74. The van der Waals surface area contributed by atoms with E-state index in [1.807, 2.05) is 0 Å². The molecule has 112 heavy (non-hydrogen) atoms. The Kier molecular flexibility index (Phi) is 33.1. The molecule has 648 valence electrons. The molecule has 29 N–H and O–H groups in total. The molecule has 0 aromatic rings. The quantitative estimate of drug-likeness (QED) is 0.0331. The maximum absolute atomic E-state index is 13.2. The van der Waals surface area contributed by atoms with Crippen LogP contribution in [0.5, 0.6) is 0 Å². The Balaban J connectivity index is 1.17. The van der Waals surface area contributed by atoms with Crippen LogP contribution in [-0.4, -0.2) is 487 Å². The molecule has 0 bridgehead atoms. The minimum atomic E-state index is -2.70. The lowest BCUT2D eigenvalue weighted by Crippen LogP contribution is -2.71. The topological polar surface area (TPSA) is 779 Å². The molecule has 0 aliphatic carbocycles. The fourth-order valence-electron chi connectivity index (χ4n) is 14.4. The maximum atomic E-state index is 13.2.